The number of quaternary nitrogens is 1. The molecular weight excluding hydrogens is 494 g/mol. The van der Waals surface area contributed by atoms with Gasteiger partial charge in [-0.05, 0) is 69.8 Å². The second-order valence-electron chi connectivity index (χ2n) is 11.3. The van der Waals surface area contributed by atoms with Gasteiger partial charge in [0.05, 0.1) is 11.4 Å². The molecule has 0 spiro atoms. The highest BCUT2D eigenvalue weighted by Crippen LogP contribution is 2.34. The topological polar surface area (TPSA) is 96.0 Å². The zero-order valence-electron chi connectivity index (χ0n) is 22.6. The van der Waals surface area contributed by atoms with Gasteiger partial charge in [-0.3, -0.25) is 9.69 Å². The smallest absolute Gasteiger partial charge is 0.414 e. The first-order valence-corrected chi connectivity index (χ1v) is 14.5. The van der Waals surface area contributed by atoms with Gasteiger partial charge in [-0.25, -0.2) is 4.79 Å². The number of carbonyl (C=O) groups is 2. The minimum absolute atomic E-state index is 0.0164. The molecule has 9 nitrogen and oxygen atoms in total. The SMILES string of the molecule is O=C(c1ccc(N2CCC(N3C(=O)OCc4ccccc43)CC2)c([NH2+][O-])c1)N1CCC(N2CCCCC2)CC1. The molecule has 3 saturated heterocycles. The third-order valence-electron chi connectivity index (χ3n) is 9.03. The van der Waals surface area contributed by atoms with Crippen LogP contribution in [0.2, 0.25) is 0 Å². The van der Waals surface area contributed by atoms with Crippen molar-refractivity contribution < 1.29 is 19.8 Å². The van der Waals surface area contributed by atoms with E-state index in [0.29, 0.717) is 23.9 Å². The van der Waals surface area contributed by atoms with Crippen molar-refractivity contribution in [1.82, 2.24) is 9.80 Å². The molecule has 0 bridgehead atoms. The molecule has 4 aliphatic heterocycles. The Hall–Kier alpha value is -3.14. The Bertz CT molecular complexity index is 1180. The van der Waals surface area contributed by atoms with Crippen LogP contribution in [0, 0.1) is 5.21 Å². The van der Waals surface area contributed by atoms with E-state index >= 15 is 0 Å². The molecule has 4 aliphatic rings. The molecule has 0 radical (unpaired) electrons. The summed E-state index contributed by atoms with van der Waals surface area (Å²) in [4.78, 5) is 34.5. The van der Waals surface area contributed by atoms with Gasteiger partial charge in [-0.2, -0.15) is 0 Å². The zero-order chi connectivity index (χ0) is 26.8. The van der Waals surface area contributed by atoms with Crippen molar-refractivity contribution in [3.63, 3.8) is 0 Å². The fourth-order valence-electron chi connectivity index (χ4n) is 6.86. The number of nitrogens with two attached hydrogens (primary N) is 1. The fraction of sp³-hybridized carbons (Fsp3) is 0.533. The van der Waals surface area contributed by atoms with Crippen LogP contribution in [0.4, 0.5) is 21.9 Å². The predicted octanol–water partition coefficient (Wildman–Crippen LogP) is 3.60. The number of hydrogen-bond acceptors (Lipinski definition) is 6. The van der Waals surface area contributed by atoms with Crippen molar-refractivity contribution in [1.29, 1.82) is 0 Å². The summed E-state index contributed by atoms with van der Waals surface area (Å²) in [6, 6.07) is 14.1. The minimum atomic E-state index is -0.288. The normalized spacial score (nSPS) is 21.6. The summed E-state index contributed by atoms with van der Waals surface area (Å²) in [7, 11) is 0. The van der Waals surface area contributed by atoms with Crippen molar-refractivity contribution in [3.8, 4) is 0 Å². The lowest BCUT2D eigenvalue weighted by molar-refractivity contribution is -0.496. The van der Waals surface area contributed by atoms with Crippen molar-refractivity contribution in [2.75, 3.05) is 49.1 Å². The molecule has 208 valence electrons. The Morgan fingerprint density at radius 3 is 2.31 bits per heavy atom. The second kappa shape index (κ2) is 11.5. The van der Waals surface area contributed by atoms with E-state index in [4.69, 9.17) is 4.74 Å². The highest BCUT2D eigenvalue weighted by Gasteiger charge is 2.35. The quantitative estimate of drug-likeness (QED) is 0.466. The number of cyclic esters (lactones) is 1. The molecule has 0 saturated carbocycles. The Morgan fingerprint density at radius 2 is 1.56 bits per heavy atom. The minimum Gasteiger partial charge on any atom is -0.630 e. The highest BCUT2D eigenvalue weighted by molar-refractivity contribution is 5.96. The molecule has 9 heteroatoms. The van der Waals surface area contributed by atoms with Gasteiger partial charge >= 0.3 is 6.09 Å². The summed E-state index contributed by atoms with van der Waals surface area (Å²) in [5.74, 6) is 0.0164. The van der Waals surface area contributed by atoms with Crippen LogP contribution in [0.1, 0.15) is 60.9 Å². The first-order valence-electron chi connectivity index (χ1n) is 14.5. The molecule has 2 aromatic rings. The van der Waals surface area contributed by atoms with Crippen LogP contribution >= 0.6 is 0 Å². The summed E-state index contributed by atoms with van der Waals surface area (Å²) >= 11 is 0. The molecule has 2 aromatic carbocycles. The van der Waals surface area contributed by atoms with Gasteiger partial charge in [0.25, 0.3) is 5.91 Å². The molecule has 0 atom stereocenters. The van der Waals surface area contributed by atoms with Gasteiger partial charge in [0.1, 0.15) is 6.61 Å². The number of carbonyl (C=O) groups excluding carboxylic acids is 2. The lowest BCUT2D eigenvalue weighted by atomic mass is 9.98. The molecule has 0 aromatic heterocycles. The summed E-state index contributed by atoms with van der Waals surface area (Å²) < 4.78 is 5.43. The molecule has 0 unspecified atom stereocenters. The van der Waals surface area contributed by atoms with Crippen LogP contribution in [-0.4, -0.2) is 73.2 Å². The van der Waals surface area contributed by atoms with E-state index < -0.39 is 0 Å². The van der Waals surface area contributed by atoms with Crippen LogP contribution in [-0.2, 0) is 11.3 Å². The van der Waals surface area contributed by atoms with Crippen LogP contribution in [0.5, 0.6) is 0 Å². The maximum absolute atomic E-state index is 13.3. The summed E-state index contributed by atoms with van der Waals surface area (Å²) in [5.41, 5.74) is 4.80. The van der Waals surface area contributed by atoms with Gasteiger partial charge in [-0.1, -0.05) is 24.6 Å². The first-order chi connectivity index (χ1) is 19.1. The van der Waals surface area contributed by atoms with Gasteiger partial charge in [0, 0.05) is 55.5 Å². The van der Waals surface area contributed by atoms with Gasteiger partial charge in [0.15, 0.2) is 5.69 Å². The average molecular weight is 534 g/mol. The number of para-hydroxylation sites is 1. The summed E-state index contributed by atoms with van der Waals surface area (Å²) in [5, 5.41) is 12.1. The average Bonchev–Trinajstić information content (AvgIpc) is 3.01. The Labute approximate surface area is 230 Å². The van der Waals surface area contributed by atoms with E-state index in [1.807, 2.05) is 41.3 Å². The molecule has 3 fully saturated rings. The van der Waals surface area contributed by atoms with E-state index in [-0.39, 0.29) is 18.0 Å². The lowest BCUT2D eigenvalue weighted by Gasteiger charge is -2.41. The number of hydrogen-bond donors (Lipinski definition) is 1. The van der Waals surface area contributed by atoms with Crippen molar-refractivity contribution in [2.24, 2.45) is 0 Å². The third kappa shape index (κ3) is 5.35. The van der Waals surface area contributed by atoms with Gasteiger partial charge in [0.2, 0.25) is 0 Å². The standard InChI is InChI=1S/C30H39N5O4/c36-29(34-18-10-24(11-19-34)32-14-4-1-5-15-32)22-8-9-28(26(20-22)31-38)33-16-12-25(13-17-33)35-27-7-3-2-6-23(27)21-39-30(35)37/h2-3,6-9,20,24-25H,1,4-5,10-19,21,31H2. The molecule has 39 heavy (non-hydrogen) atoms. The van der Waals surface area contributed by atoms with E-state index in [1.54, 1.807) is 11.0 Å². The van der Waals surface area contributed by atoms with Gasteiger partial charge in [-0.15, -0.1) is 0 Å². The Morgan fingerprint density at radius 1 is 0.846 bits per heavy atom. The van der Waals surface area contributed by atoms with E-state index in [0.717, 1.165) is 74.3 Å². The zero-order valence-corrected chi connectivity index (χ0v) is 22.6. The first kappa shape index (κ1) is 26.1. The lowest BCUT2D eigenvalue weighted by Crippen LogP contribution is -2.70. The summed E-state index contributed by atoms with van der Waals surface area (Å²) in [6.45, 7) is 5.67. The number of anilines is 2. The monoisotopic (exact) mass is 533 g/mol. The van der Waals surface area contributed by atoms with Crippen molar-refractivity contribution in [2.45, 2.75) is 63.6 Å². The van der Waals surface area contributed by atoms with E-state index in [9.17, 15) is 14.8 Å². The number of fused-ring (bicyclic) bond motifs is 1. The molecule has 2 N–H and O–H groups in total. The highest BCUT2D eigenvalue weighted by atomic mass is 16.6. The Kier molecular flexibility index (Phi) is 7.72. The second-order valence-corrected chi connectivity index (χ2v) is 11.3. The largest absolute Gasteiger partial charge is 0.630 e. The van der Waals surface area contributed by atoms with E-state index in [1.165, 1.54) is 32.4 Å². The van der Waals surface area contributed by atoms with Crippen LogP contribution < -0.4 is 15.3 Å². The number of ether oxygens (including phenoxy) is 1. The predicted molar refractivity (Wildman–Crippen MR) is 150 cm³/mol. The third-order valence-corrected chi connectivity index (χ3v) is 9.03. The number of piperidine rings is 3. The van der Waals surface area contributed by atoms with Gasteiger partial charge < -0.3 is 30.1 Å². The molecular formula is C30H39N5O4. The number of rotatable bonds is 5. The van der Waals surface area contributed by atoms with Crippen molar-refractivity contribution in [3.05, 3.63) is 58.8 Å². The van der Waals surface area contributed by atoms with Crippen LogP contribution in [0.15, 0.2) is 42.5 Å². The summed E-state index contributed by atoms with van der Waals surface area (Å²) in [6.07, 6.45) is 7.21. The molecule has 2 amide bonds. The Balaban J connectivity index is 1.08. The van der Waals surface area contributed by atoms with Crippen molar-refractivity contribution >= 4 is 29.1 Å². The van der Waals surface area contributed by atoms with Crippen LogP contribution in [0.3, 0.4) is 0 Å². The number of amides is 2. The molecule has 4 heterocycles. The van der Waals surface area contributed by atoms with Crippen LogP contribution in [0.25, 0.3) is 0 Å². The van der Waals surface area contributed by atoms with E-state index in [2.05, 4.69) is 9.80 Å². The number of nitrogens with zero attached hydrogens (tertiary/aromatic N) is 4. The maximum Gasteiger partial charge on any atom is 0.414 e. The molecule has 6 rings (SSSR count). The molecule has 0 aliphatic carbocycles. The number of benzene rings is 2. The fourth-order valence-corrected chi connectivity index (χ4v) is 6.86. The maximum atomic E-state index is 13.3. The number of likely N-dealkylation sites (tertiary alicyclic amines) is 2.